The molecule has 0 saturated heterocycles. The maximum absolute atomic E-state index is 5.91. The molecule has 2 rings (SSSR count). The monoisotopic (exact) mass is 221 g/mol. The van der Waals surface area contributed by atoms with Gasteiger partial charge >= 0.3 is 0 Å². The molecule has 0 aliphatic rings. The first-order chi connectivity index (χ1) is 7.18. The molecule has 0 fully saturated rings. The zero-order valence-electron chi connectivity index (χ0n) is 8.70. The number of rotatable bonds is 2. The van der Waals surface area contributed by atoms with Crippen LogP contribution in [0.15, 0.2) is 34.9 Å². The Morgan fingerprint density at radius 3 is 2.67 bits per heavy atom. The Balaban J connectivity index is 2.42. The van der Waals surface area contributed by atoms with Gasteiger partial charge in [-0.05, 0) is 19.4 Å². The highest BCUT2D eigenvalue weighted by Crippen LogP contribution is 2.27. The molecular weight excluding hydrogens is 210 g/mol. The first-order valence-electron chi connectivity index (χ1n) is 4.85. The van der Waals surface area contributed by atoms with Gasteiger partial charge < -0.3 is 4.52 Å². The Morgan fingerprint density at radius 1 is 1.33 bits per heavy atom. The van der Waals surface area contributed by atoms with Crippen molar-refractivity contribution in [1.29, 1.82) is 0 Å². The van der Waals surface area contributed by atoms with Crippen molar-refractivity contribution < 1.29 is 4.52 Å². The first-order valence-corrected chi connectivity index (χ1v) is 5.29. The van der Waals surface area contributed by atoms with E-state index in [4.69, 9.17) is 16.1 Å². The predicted octanol–water partition coefficient (Wildman–Crippen LogP) is 3.95. The number of hydrogen-bond donors (Lipinski definition) is 0. The van der Waals surface area contributed by atoms with E-state index in [2.05, 4.69) is 5.16 Å². The Morgan fingerprint density at radius 2 is 2.07 bits per heavy atom. The molecule has 78 valence electrons. The second-order valence-electron chi connectivity index (χ2n) is 3.55. The van der Waals surface area contributed by atoms with E-state index < -0.39 is 0 Å². The number of alkyl halides is 1. The number of benzene rings is 1. The molecule has 1 heterocycles. The fourth-order valence-electron chi connectivity index (χ4n) is 1.46. The molecule has 0 aliphatic carbocycles. The summed E-state index contributed by atoms with van der Waals surface area (Å²) in [5.41, 5.74) is 3.11. The highest BCUT2D eigenvalue weighted by atomic mass is 35.5. The second kappa shape index (κ2) is 4.07. The number of hydrogen-bond acceptors (Lipinski definition) is 2. The van der Waals surface area contributed by atoms with E-state index in [1.807, 2.05) is 44.2 Å². The summed E-state index contributed by atoms with van der Waals surface area (Å²) in [6.07, 6.45) is 0. The predicted molar refractivity (Wildman–Crippen MR) is 60.9 cm³/mol. The summed E-state index contributed by atoms with van der Waals surface area (Å²) in [6.45, 7) is 3.91. The third kappa shape index (κ3) is 2.05. The summed E-state index contributed by atoms with van der Waals surface area (Å²) >= 11 is 5.91. The number of aromatic nitrogens is 1. The summed E-state index contributed by atoms with van der Waals surface area (Å²) < 4.78 is 5.15. The maximum Gasteiger partial charge on any atom is 0.154 e. The van der Waals surface area contributed by atoms with Crippen molar-refractivity contribution in [2.24, 2.45) is 0 Å². The van der Waals surface area contributed by atoms with E-state index in [9.17, 15) is 0 Å². The molecular formula is C12H12ClNO. The molecule has 0 N–H and O–H groups in total. The van der Waals surface area contributed by atoms with Crippen LogP contribution in [0.1, 0.15) is 23.6 Å². The summed E-state index contributed by atoms with van der Waals surface area (Å²) in [5.74, 6) is 0.704. The zero-order chi connectivity index (χ0) is 10.8. The van der Waals surface area contributed by atoms with Gasteiger partial charge in [0.05, 0.1) is 5.38 Å². The van der Waals surface area contributed by atoms with Gasteiger partial charge in [0.1, 0.15) is 5.69 Å². The summed E-state index contributed by atoms with van der Waals surface area (Å²) in [5, 5.41) is 3.87. The molecule has 0 amide bonds. The highest BCUT2D eigenvalue weighted by Gasteiger charge is 2.11. The van der Waals surface area contributed by atoms with Gasteiger partial charge in [-0.15, -0.1) is 11.6 Å². The van der Waals surface area contributed by atoms with Crippen LogP contribution in [-0.2, 0) is 0 Å². The molecule has 3 heteroatoms. The molecule has 0 saturated carbocycles. The standard InChI is InChI=1S/C12H12ClNO/c1-8-5-3-4-6-10(8)11-7-12(9(2)13)15-14-11/h3-7,9H,1-2H3. The number of nitrogens with zero attached hydrogens (tertiary/aromatic N) is 1. The van der Waals surface area contributed by atoms with Crippen LogP contribution in [0.4, 0.5) is 0 Å². The van der Waals surface area contributed by atoms with E-state index in [1.165, 1.54) is 5.56 Å². The molecule has 0 radical (unpaired) electrons. The average molecular weight is 222 g/mol. The quantitative estimate of drug-likeness (QED) is 0.718. The molecule has 2 aromatic rings. The van der Waals surface area contributed by atoms with E-state index >= 15 is 0 Å². The molecule has 1 unspecified atom stereocenters. The van der Waals surface area contributed by atoms with E-state index in [-0.39, 0.29) is 5.38 Å². The van der Waals surface area contributed by atoms with Crippen molar-refractivity contribution >= 4 is 11.6 Å². The van der Waals surface area contributed by atoms with Crippen LogP contribution < -0.4 is 0 Å². The van der Waals surface area contributed by atoms with Crippen molar-refractivity contribution in [3.8, 4) is 11.3 Å². The minimum atomic E-state index is -0.143. The molecule has 1 aromatic carbocycles. The van der Waals surface area contributed by atoms with E-state index in [1.54, 1.807) is 0 Å². The number of aryl methyl sites for hydroxylation is 1. The van der Waals surface area contributed by atoms with Crippen LogP contribution in [0, 0.1) is 6.92 Å². The highest BCUT2D eigenvalue weighted by molar-refractivity contribution is 6.20. The zero-order valence-corrected chi connectivity index (χ0v) is 9.45. The lowest BCUT2D eigenvalue weighted by Crippen LogP contribution is -1.81. The Bertz CT molecular complexity index is 462. The molecule has 0 spiro atoms. The first kappa shape index (κ1) is 10.2. The Kier molecular flexibility index (Phi) is 2.78. The van der Waals surface area contributed by atoms with Crippen LogP contribution in [0.3, 0.4) is 0 Å². The van der Waals surface area contributed by atoms with Gasteiger partial charge in [0.2, 0.25) is 0 Å². The fourth-order valence-corrected chi connectivity index (χ4v) is 1.57. The van der Waals surface area contributed by atoms with Crippen molar-refractivity contribution in [3.05, 3.63) is 41.7 Å². The van der Waals surface area contributed by atoms with Crippen LogP contribution in [0.25, 0.3) is 11.3 Å². The largest absolute Gasteiger partial charge is 0.359 e. The second-order valence-corrected chi connectivity index (χ2v) is 4.20. The lowest BCUT2D eigenvalue weighted by atomic mass is 10.1. The number of halogens is 1. The minimum absolute atomic E-state index is 0.143. The van der Waals surface area contributed by atoms with Crippen LogP contribution >= 0.6 is 11.6 Å². The topological polar surface area (TPSA) is 26.0 Å². The normalized spacial score (nSPS) is 12.7. The third-order valence-electron chi connectivity index (χ3n) is 2.34. The summed E-state index contributed by atoms with van der Waals surface area (Å²) in [7, 11) is 0. The van der Waals surface area contributed by atoms with Crippen molar-refractivity contribution in [2.75, 3.05) is 0 Å². The van der Waals surface area contributed by atoms with Gasteiger partial charge in [-0.3, -0.25) is 0 Å². The summed E-state index contributed by atoms with van der Waals surface area (Å²) in [4.78, 5) is 0. The van der Waals surface area contributed by atoms with Crippen molar-refractivity contribution in [3.63, 3.8) is 0 Å². The SMILES string of the molecule is Cc1ccccc1-c1cc(C(C)Cl)on1. The van der Waals surface area contributed by atoms with Crippen LogP contribution in [0.2, 0.25) is 0 Å². The Labute approximate surface area is 93.9 Å². The van der Waals surface area contributed by atoms with E-state index in [0.29, 0.717) is 5.76 Å². The lowest BCUT2D eigenvalue weighted by molar-refractivity contribution is 0.386. The molecule has 0 bridgehead atoms. The molecule has 2 nitrogen and oxygen atoms in total. The van der Waals surface area contributed by atoms with Gasteiger partial charge in [-0.25, -0.2) is 0 Å². The van der Waals surface area contributed by atoms with Crippen LogP contribution in [0.5, 0.6) is 0 Å². The third-order valence-corrected chi connectivity index (χ3v) is 2.56. The van der Waals surface area contributed by atoms with Crippen LogP contribution in [-0.4, -0.2) is 5.16 Å². The smallest absolute Gasteiger partial charge is 0.154 e. The van der Waals surface area contributed by atoms with Gasteiger partial charge in [0.25, 0.3) is 0 Å². The van der Waals surface area contributed by atoms with Gasteiger partial charge in [0.15, 0.2) is 5.76 Å². The fraction of sp³-hybridized carbons (Fsp3) is 0.250. The minimum Gasteiger partial charge on any atom is -0.359 e. The van der Waals surface area contributed by atoms with Crippen molar-refractivity contribution in [1.82, 2.24) is 5.16 Å². The van der Waals surface area contributed by atoms with Gasteiger partial charge in [-0.2, -0.15) is 0 Å². The van der Waals surface area contributed by atoms with Crippen molar-refractivity contribution in [2.45, 2.75) is 19.2 Å². The molecule has 0 aliphatic heterocycles. The summed E-state index contributed by atoms with van der Waals surface area (Å²) in [6, 6.07) is 9.95. The van der Waals surface area contributed by atoms with Gasteiger partial charge in [-0.1, -0.05) is 29.4 Å². The Hall–Kier alpha value is -1.28. The lowest BCUT2D eigenvalue weighted by Gasteiger charge is -1.99. The van der Waals surface area contributed by atoms with E-state index in [0.717, 1.165) is 11.3 Å². The molecule has 15 heavy (non-hydrogen) atoms. The molecule has 1 atom stereocenters. The average Bonchev–Trinajstić information content (AvgIpc) is 2.67. The maximum atomic E-state index is 5.91. The molecule has 1 aromatic heterocycles. The van der Waals surface area contributed by atoms with Gasteiger partial charge in [0, 0.05) is 11.6 Å².